The molecule has 0 heterocycles. The van der Waals surface area contributed by atoms with Crippen molar-refractivity contribution < 1.29 is 13.2 Å². The molecule has 1 fully saturated rings. The summed E-state index contributed by atoms with van der Waals surface area (Å²) in [6, 6.07) is 17.4. The van der Waals surface area contributed by atoms with E-state index in [4.69, 9.17) is 0 Å². The van der Waals surface area contributed by atoms with Crippen molar-refractivity contribution in [1.29, 1.82) is 0 Å². The largest absolute Gasteiger partial charge is 0.351 e. The Labute approximate surface area is 167 Å². The summed E-state index contributed by atoms with van der Waals surface area (Å²) in [4.78, 5) is 12.9. The number of carbonyl (C=O) groups is 1. The van der Waals surface area contributed by atoms with Crippen molar-refractivity contribution in [3.8, 4) is 0 Å². The van der Waals surface area contributed by atoms with Crippen LogP contribution in [0.4, 0.5) is 0 Å². The zero-order valence-electron chi connectivity index (χ0n) is 16.2. The summed E-state index contributed by atoms with van der Waals surface area (Å²) in [5.41, 5.74) is 1.18. The molecule has 28 heavy (non-hydrogen) atoms. The quantitative estimate of drug-likeness (QED) is 0.714. The molecule has 3 rings (SSSR count). The minimum absolute atomic E-state index is 0.0149. The molecule has 5 nitrogen and oxygen atoms in total. The van der Waals surface area contributed by atoms with Gasteiger partial charge in [0.25, 0.3) is 0 Å². The van der Waals surface area contributed by atoms with Gasteiger partial charge in [-0.3, -0.25) is 4.79 Å². The highest BCUT2D eigenvalue weighted by Gasteiger charge is 2.29. The lowest BCUT2D eigenvalue weighted by Crippen LogP contribution is -2.50. The molecular weight excluding hydrogens is 372 g/mol. The van der Waals surface area contributed by atoms with Gasteiger partial charge in [-0.05, 0) is 49.8 Å². The molecule has 1 aliphatic carbocycles. The Balaban J connectivity index is 1.67. The van der Waals surface area contributed by atoms with Gasteiger partial charge >= 0.3 is 0 Å². The van der Waals surface area contributed by atoms with Gasteiger partial charge in [0.15, 0.2) is 0 Å². The first kappa shape index (κ1) is 20.6. The molecule has 2 aromatic carbocycles. The van der Waals surface area contributed by atoms with Crippen molar-refractivity contribution in [2.24, 2.45) is 5.92 Å². The van der Waals surface area contributed by atoms with Crippen LogP contribution in [0.2, 0.25) is 0 Å². The third kappa shape index (κ3) is 5.42. The smallest absolute Gasteiger partial charge is 0.241 e. The summed E-state index contributed by atoms with van der Waals surface area (Å²) in [6.45, 7) is 1.59. The molecule has 0 saturated heterocycles. The van der Waals surface area contributed by atoms with Crippen molar-refractivity contribution in [1.82, 2.24) is 10.0 Å². The molecule has 0 aromatic heterocycles. The highest BCUT2D eigenvalue weighted by Crippen LogP contribution is 2.29. The third-order valence-corrected chi connectivity index (χ3v) is 6.93. The number of sulfonamides is 1. The lowest BCUT2D eigenvalue weighted by Gasteiger charge is -2.26. The van der Waals surface area contributed by atoms with Gasteiger partial charge in [0, 0.05) is 6.04 Å². The van der Waals surface area contributed by atoms with Crippen LogP contribution in [0.5, 0.6) is 0 Å². The van der Waals surface area contributed by atoms with Crippen LogP contribution < -0.4 is 10.0 Å². The minimum atomic E-state index is -3.73. The van der Waals surface area contributed by atoms with Gasteiger partial charge in [0.2, 0.25) is 15.9 Å². The molecule has 1 unspecified atom stereocenters. The monoisotopic (exact) mass is 400 g/mol. The zero-order chi connectivity index (χ0) is 20.0. The summed E-state index contributed by atoms with van der Waals surface area (Å²) >= 11 is 0. The fourth-order valence-corrected chi connectivity index (χ4v) is 5.05. The van der Waals surface area contributed by atoms with E-state index < -0.39 is 16.1 Å². The number of hydrogen-bond donors (Lipinski definition) is 2. The average Bonchev–Trinajstić information content (AvgIpc) is 3.23. The van der Waals surface area contributed by atoms with E-state index in [1.807, 2.05) is 18.2 Å². The SMILES string of the molecule is C[C@H](NS(=O)(=O)c1ccccc1)C(=O)NC(Cc1ccccc1)C1CCCC1. The van der Waals surface area contributed by atoms with Crippen molar-refractivity contribution in [2.75, 3.05) is 0 Å². The zero-order valence-corrected chi connectivity index (χ0v) is 17.0. The first-order valence-corrected chi connectivity index (χ1v) is 11.4. The summed E-state index contributed by atoms with van der Waals surface area (Å²) in [5.74, 6) is 0.148. The number of hydrogen-bond acceptors (Lipinski definition) is 3. The highest BCUT2D eigenvalue weighted by molar-refractivity contribution is 7.89. The summed E-state index contributed by atoms with van der Waals surface area (Å²) in [7, 11) is -3.73. The van der Waals surface area contributed by atoms with E-state index in [1.165, 1.54) is 30.5 Å². The van der Waals surface area contributed by atoms with E-state index >= 15 is 0 Å². The molecule has 6 heteroatoms. The average molecular weight is 401 g/mol. The molecule has 1 amide bonds. The molecule has 1 saturated carbocycles. The van der Waals surface area contributed by atoms with Crippen LogP contribution in [0, 0.1) is 5.92 Å². The Morgan fingerprint density at radius 2 is 1.57 bits per heavy atom. The van der Waals surface area contributed by atoms with Crippen molar-refractivity contribution in [2.45, 2.75) is 56.0 Å². The molecular formula is C22H28N2O3S. The Bertz CT molecular complexity index is 863. The van der Waals surface area contributed by atoms with Crippen LogP contribution in [0.15, 0.2) is 65.6 Å². The minimum Gasteiger partial charge on any atom is -0.351 e. The second-order valence-corrected chi connectivity index (χ2v) is 9.22. The van der Waals surface area contributed by atoms with Crippen LogP contribution in [-0.4, -0.2) is 26.4 Å². The Hall–Kier alpha value is -2.18. The molecule has 2 atom stereocenters. The van der Waals surface area contributed by atoms with Crippen LogP contribution in [0.3, 0.4) is 0 Å². The molecule has 0 bridgehead atoms. The van der Waals surface area contributed by atoms with E-state index in [9.17, 15) is 13.2 Å². The van der Waals surface area contributed by atoms with Crippen molar-refractivity contribution in [3.63, 3.8) is 0 Å². The van der Waals surface area contributed by atoms with Crippen LogP contribution in [0.25, 0.3) is 0 Å². The topological polar surface area (TPSA) is 75.3 Å². The van der Waals surface area contributed by atoms with Gasteiger partial charge in [0.05, 0.1) is 10.9 Å². The van der Waals surface area contributed by atoms with Gasteiger partial charge in [-0.2, -0.15) is 4.72 Å². The fourth-order valence-electron chi connectivity index (χ4n) is 3.82. The van der Waals surface area contributed by atoms with E-state index in [2.05, 4.69) is 22.2 Å². The standard InChI is InChI=1S/C22H28N2O3S/c1-17(24-28(26,27)20-14-6-3-7-15-20)22(25)23-21(19-12-8-9-13-19)16-18-10-4-2-5-11-18/h2-7,10-11,14-15,17,19,21,24H,8-9,12-13,16H2,1H3,(H,23,25)/t17-,21?/m0/s1. The summed E-state index contributed by atoms with van der Waals surface area (Å²) in [6.07, 6.45) is 5.32. The number of carbonyl (C=O) groups excluding carboxylic acids is 1. The van der Waals surface area contributed by atoms with Crippen LogP contribution in [0.1, 0.15) is 38.2 Å². The number of rotatable bonds is 8. The maximum atomic E-state index is 12.8. The lowest BCUT2D eigenvalue weighted by molar-refractivity contribution is -0.123. The fraction of sp³-hybridized carbons (Fsp3) is 0.409. The van der Waals surface area contributed by atoms with E-state index in [1.54, 1.807) is 25.1 Å². The number of benzene rings is 2. The lowest BCUT2D eigenvalue weighted by atomic mass is 9.92. The van der Waals surface area contributed by atoms with Gasteiger partial charge < -0.3 is 5.32 Å². The highest BCUT2D eigenvalue weighted by atomic mass is 32.2. The summed E-state index contributed by atoms with van der Waals surface area (Å²) in [5, 5.41) is 3.12. The maximum Gasteiger partial charge on any atom is 0.241 e. The molecule has 0 aliphatic heterocycles. The van der Waals surface area contributed by atoms with Gasteiger partial charge in [-0.25, -0.2) is 8.42 Å². The van der Waals surface area contributed by atoms with Crippen molar-refractivity contribution >= 4 is 15.9 Å². The molecule has 150 valence electrons. The normalized spacial score (nSPS) is 17.2. The first-order valence-electron chi connectivity index (χ1n) is 9.87. The van der Waals surface area contributed by atoms with Crippen molar-refractivity contribution in [3.05, 3.63) is 66.2 Å². The maximum absolute atomic E-state index is 12.8. The number of amides is 1. The second-order valence-electron chi connectivity index (χ2n) is 7.51. The predicted octanol–water partition coefficient (Wildman–Crippen LogP) is 3.27. The van der Waals surface area contributed by atoms with Crippen LogP contribution >= 0.6 is 0 Å². The Morgan fingerprint density at radius 3 is 2.18 bits per heavy atom. The number of nitrogens with one attached hydrogen (secondary N) is 2. The molecule has 2 aromatic rings. The third-order valence-electron chi connectivity index (χ3n) is 5.37. The second kappa shape index (κ2) is 9.34. The van der Waals surface area contributed by atoms with E-state index in [-0.39, 0.29) is 16.8 Å². The summed E-state index contributed by atoms with van der Waals surface area (Å²) < 4.78 is 27.5. The van der Waals surface area contributed by atoms with Gasteiger partial charge in [0.1, 0.15) is 0 Å². The molecule has 2 N–H and O–H groups in total. The van der Waals surface area contributed by atoms with Gasteiger partial charge in [-0.15, -0.1) is 0 Å². The van der Waals surface area contributed by atoms with Gasteiger partial charge in [-0.1, -0.05) is 61.4 Å². The molecule has 1 aliphatic rings. The Morgan fingerprint density at radius 1 is 1.00 bits per heavy atom. The van der Waals surface area contributed by atoms with Crippen LogP contribution in [-0.2, 0) is 21.2 Å². The Kier molecular flexibility index (Phi) is 6.86. The van der Waals surface area contributed by atoms with E-state index in [0.717, 1.165) is 19.3 Å². The predicted molar refractivity (Wildman–Crippen MR) is 110 cm³/mol. The molecule has 0 radical (unpaired) electrons. The molecule has 0 spiro atoms. The first-order chi connectivity index (χ1) is 13.5. The van der Waals surface area contributed by atoms with E-state index in [0.29, 0.717) is 5.92 Å².